The minimum Gasteiger partial charge on any atom is -0.465 e. The molecule has 1 amide bonds. The number of para-hydroxylation sites is 1. The van der Waals surface area contributed by atoms with E-state index >= 15 is 0 Å². The van der Waals surface area contributed by atoms with Gasteiger partial charge < -0.3 is 10.5 Å². The number of hydrogen-bond donors (Lipinski definition) is 1. The summed E-state index contributed by atoms with van der Waals surface area (Å²) < 4.78 is 6.10. The second kappa shape index (κ2) is 7.77. The van der Waals surface area contributed by atoms with Crippen LogP contribution < -0.4 is 11.3 Å². The van der Waals surface area contributed by atoms with Gasteiger partial charge in [-0.2, -0.15) is 0 Å². The second-order valence-electron chi connectivity index (χ2n) is 4.70. The van der Waals surface area contributed by atoms with Crippen molar-refractivity contribution in [2.45, 2.75) is 19.2 Å². The van der Waals surface area contributed by atoms with Crippen LogP contribution in [0.15, 0.2) is 29.1 Å². The Bertz CT molecular complexity index is 788. The average Bonchev–Trinajstić information content (AvgIpc) is 2.51. The summed E-state index contributed by atoms with van der Waals surface area (Å²) in [6, 6.07) is 6.89. The lowest BCUT2D eigenvalue weighted by Gasteiger charge is -2.11. The summed E-state index contributed by atoms with van der Waals surface area (Å²) in [5.41, 5.74) is 5.44. The number of fused-ring (bicyclic) bond motifs is 1. The van der Waals surface area contributed by atoms with Gasteiger partial charge in [0, 0.05) is 0 Å². The Hall–Kier alpha value is -2.35. The Labute approximate surface area is 136 Å². The van der Waals surface area contributed by atoms with Crippen LogP contribution in [0.5, 0.6) is 0 Å². The van der Waals surface area contributed by atoms with Gasteiger partial charge in [0.15, 0.2) is 0 Å². The molecule has 2 rings (SSSR count). The van der Waals surface area contributed by atoms with Crippen molar-refractivity contribution in [1.82, 2.24) is 9.55 Å². The summed E-state index contributed by atoms with van der Waals surface area (Å²) in [4.78, 5) is 39.5. The number of primary amides is 1. The van der Waals surface area contributed by atoms with Gasteiger partial charge in [0.25, 0.3) is 5.56 Å². The molecular weight excluding hydrogens is 318 g/mol. The van der Waals surface area contributed by atoms with Crippen molar-refractivity contribution >= 4 is 34.5 Å². The first-order valence-electron chi connectivity index (χ1n) is 7.03. The number of rotatable bonds is 7. The van der Waals surface area contributed by atoms with E-state index < -0.39 is 5.91 Å². The molecule has 0 saturated heterocycles. The Balaban J connectivity index is 2.30. The number of benzene rings is 1. The molecule has 0 aliphatic rings. The maximum Gasteiger partial charge on any atom is 0.315 e. The second-order valence-corrected chi connectivity index (χ2v) is 5.69. The summed E-state index contributed by atoms with van der Waals surface area (Å²) in [7, 11) is 0. The third kappa shape index (κ3) is 4.32. The van der Waals surface area contributed by atoms with Crippen molar-refractivity contribution in [3.05, 3.63) is 40.4 Å². The lowest BCUT2D eigenvalue weighted by Crippen LogP contribution is -2.31. The molecule has 0 spiro atoms. The third-order valence-electron chi connectivity index (χ3n) is 3.01. The number of nitrogens with zero attached hydrogens (tertiary/aromatic N) is 2. The van der Waals surface area contributed by atoms with Crippen LogP contribution in [-0.4, -0.2) is 33.8 Å². The van der Waals surface area contributed by atoms with Gasteiger partial charge in [-0.3, -0.25) is 19.0 Å². The number of nitrogens with two attached hydrogens (primary N) is 1. The Kier molecular flexibility index (Phi) is 5.75. The SMILES string of the molecule is CCOC(=O)CSCc1nc2ccccc2c(=O)n1CC(N)=O. The van der Waals surface area contributed by atoms with Crippen molar-refractivity contribution < 1.29 is 14.3 Å². The fourth-order valence-corrected chi connectivity index (χ4v) is 2.83. The van der Waals surface area contributed by atoms with Crippen LogP contribution in [0.3, 0.4) is 0 Å². The van der Waals surface area contributed by atoms with E-state index in [1.165, 1.54) is 16.3 Å². The normalized spacial score (nSPS) is 10.7. The van der Waals surface area contributed by atoms with Crippen molar-refractivity contribution in [2.24, 2.45) is 5.73 Å². The molecule has 0 saturated carbocycles. The van der Waals surface area contributed by atoms with E-state index in [4.69, 9.17) is 10.5 Å². The minimum atomic E-state index is -0.624. The highest BCUT2D eigenvalue weighted by Crippen LogP contribution is 2.13. The summed E-state index contributed by atoms with van der Waals surface area (Å²) in [5, 5.41) is 0.424. The number of carbonyl (C=O) groups excluding carboxylic acids is 2. The lowest BCUT2D eigenvalue weighted by molar-refractivity contribution is -0.139. The highest BCUT2D eigenvalue weighted by molar-refractivity contribution is 7.99. The van der Waals surface area contributed by atoms with Crippen LogP contribution >= 0.6 is 11.8 Å². The van der Waals surface area contributed by atoms with E-state index in [1.807, 2.05) is 0 Å². The molecule has 23 heavy (non-hydrogen) atoms. The topological polar surface area (TPSA) is 104 Å². The standard InChI is InChI=1S/C15H17N3O4S/c1-2-22-14(20)9-23-8-13-17-11-6-4-3-5-10(11)15(21)18(13)7-12(16)19/h3-6H,2,7-9H2,1H3,(H2,16,19). The highest BCUT2D eigenvalue weighted by Gasteiger charge is 2.13. The van der Waals surface area contributed by atoms with Gasteiger partial charge in [0.1, 0.15) is 12.4 Å². The highest BCUT2D eigenvalue weighted by atomic mass is 32.2. The Morgan fingerprint density at radius 3 is 2.78 bits per heavy atom. The minimum absolute atomic E-state index is 0.146. The van der Waals surface area contributed by atoms with E-state index in [-0.39, 0.29) is 23.8 Å². The molecule has 7 nitrogen and oxygen atoms in total. The zero-order valence-electron chi connectivity index (χ0n) is 12.7. The molecule has 8 heteroatoms. The monoisotopic (exact) mass is 335 g/mol. The molecule has 0 bridgehead atoms. The van der Waals surface area contributed by atoms with Crippen molar-refractivity contribution in [1.29, 1.82) is 0 Å². The number of ether oxygens (including phenoxy) is 1. The molecule has 2 aromatic rings. The fraction of sp³-hybridized carbons (Fsp3) is 0.333. The Morgan fingerprint density at radius 2 is 2.09 bits per heavy atom. The number of esters is 1. The summed E-state index contributed by atoms with van der Waals surface area (Å²) >= 11 is 1.26. The maximum absolute atomic E-state index is 12.5. The lowest BCUT2D eigenvalue weighted by atomic mass is 10.2. The molecule has 0 atom stereocenters. The number of hydrogen-bond acceptors (Lipinski definition) is 6. The molecule has 0 aliphatic carbocycles. The largest absolute Gasteiger partial charge is 0.465 e. The number of thioether (sulfide) groups is 1. The van der Waals surface area contributed by atoms with Gasteiger partial charge in [-0.05, 0) is 19.1 Å². The van der Waals surface area contributed by atoms with Gasteiger partial charge in [-0.1, -0.05) is 12.1 Å². The van der Waals surface area contributed by atoms with Gasteiger partial charge in [0.2, 0.25) is 5.91 Å². The van der Waals surface area contributed by atoms with Gasteiger partial charge in [0.05, 0.1) is 29.0 Å². The molecular formula is C15H17N3O4S. The predicted octanol–water partition coefficient (Wildman–Crippen LogP) is 0.678. The van der Waals surface area contributed by atoms with Crippen LogP contribution in [0.1, 0.15) is 12.7 Å². The third-order valence-corrected chi connectivity index (χ3v) is 3.91. The summed E-state index contributed by atoms with van der Waals surface area (Å²) in [6.45, 7) is 1.81. The molecule has 1 aromatic heterocycles. The van der Waals surface area contributed by atoms with E-state index in [0.29, 0.717) is 29.1 Å². The Morgan fingerprint density at radius 1 is 1.35 bits per heavy atom. The van der Waals surface area contributed by atoms with Crippen LogP contribution in [0, 0.1) is 0 Å². The molecule has 0 radical (unpaired) electrons. The van der Waals surface area contributed by atoms with Crippen LogP contribution in [0.25, 0.3) is 10.9 Å². The molecule has 1 heterocycles. The van der Waals surface area contributed by atoms with Crippen molar-refractivity contribution in [2.75, 3.05) is 12.4 Å². The fourth-order valence-electron chi connectivity index (χ4n) is 2.07. The van der Waals surface area contributed by atoms with E-state index in [1.54, 1.807) is 31.2 Å². The molecule has 0 aliphatic heterocycles. The summed E-state index contributed by atoms with van der Waals surface area (Å²) in [5.74, 6) is -0.107. The molecule has 0 unspecified atom stereocenters. The average molecular weight is 335 g/mol. The molecule has 122 valence electrons. The summed E-state index contributed by atoms with van der Waals surface area (Å²) in [6.07, 6.45) is 0. The van der Waals surface area contributed by atoms with Crippen LogP contribution in [0.4, 0.5) is 0 Å². The smallest absolute Gasteiger partial charge is 0.315 e. The quantitative estimate of drug-likeness (QED) is 0.746. The van der Waals surface area contributed by atoms with E-state index in [0.717, 1.165) is 0 Å². The van der Waals surface area contributed by atoms with E-state index in [2.05, 4.69) is 4.98 Å². The zero-order chi connectivity index (χ0) is 16.8. The van der Waals surface area contributed by atoms with Crippen molar-refractivity contribution in [3.8, 4) is 0 Å². The van der Waals surface area contributed by atoms with Crippen LogP contribution in [-0.2, 0) is 26.6 Å². The van der Waals surface area contributed by atoms with E-state index in [9.17, 15) is 14.4 Å². The maximum atomic E-state index is 12.5. The first-order valence-corrected chi connectivity index (χ1v) is 8.18. The van der Waals surface area contributed by atoms with Gasteiger partial charge in [-0.25, -0.2) is 4.98 Å². The number of amides is 1. The first-order chi connectivity index (χ1) is 11.0. The number of aromatic nitrogens is 2. The first kappa shape index (κ1) is 17.0. The van der Waals surface area contributed by atoms with Gasteiger partial charge in [-0.15, -0.1) is 11.8 Å². The van der Waals surface area contributed by atoms with Crippen LogP contribution in [0.2, 0.25) is 0 Å². The predicted molar refractivity (Wildman–Crippen MR) is 88.0 cm³/mol. The van der Waals surface area contributed by atoms with Crippen molar-refractivity contribution in [3.63, 3.8) is 0 Å². The zero-order valence-corrected chi connectivity index (χ0v) is 13.5. The molecule has 0 fully saturated rings. The molecule has 1 aromatic carbocycles. The molecule has 2 N–H and O–H groups in total. The number of carbonyl (C=O) groups is 2. The van der Waals surface area contributed by atoms with Gasteiger partial charge >= 0.3 is 5.97 Å².